The monoisotopic (exact) mass is 238 g/mol. The Morgan fingerprint density at radius 1 is 1.18 bits per heavy atom. The van der Waals surface area contributed by atoms with E-state index in [0.717, 1.165) is 24.0 Å². The molecule has 2 nitrogen and oxygen atoms in total. The summed E-state index contributed by atoms with van der Waals surface area (Å²) in [6.07, 6.45) is 8.44. The van der Waals surface area contributed by atoms with Crippen molar-refractivity contribution in [3.05, 3.63) is 0 Å². The van der Waals surface area contributed by atoms with Crippen LogP contribution >= 0.6 is 0 Å². The molecule has 0 spiro atoms. The predicted molar refractivity (Wildman–Crippen MR) is 74.3 cm³/mol. The van der Waals surface area contributed by atoms with Crippen molar-refractivity contribution in [3.8, 4) is 0 Å². The Bertz CT molecular complexity index is 223. The molecule has 3 atom stereocenters. The molecule has 1 saturated heterocycles. The van der Waals surface area contributed by atoms with Crippen LogP contribution in [0.2, 0.25) is 0 Å². The van der Waals surface area contributed by atoms with Gasteiger partial charge in [-0.15, -0.1) is 0 Å². The first kappa shape index (κ1) is 13.4. The number of rotatable bonds is 4. The van der Waals surface area contributed by atoms with E-state index in [2.05, 4.69) is 31.0 Å². The van der Waals surface area contributed by atoms with E-state index in [1.807, 2.05) is 0 Å². The third kappa shape index (κ3) is 3.03. The molecule has 0 aromatic carbocycles. The van der Waals surface area contributed by atoms with Gasteiger partial charge in [-0.25, -0.2) is 0 Å². The highest BCUT2D eigenvalue weighted by molar-refractivity contribution is 4.90. The molecule has 1 aliphatic carbocycles. The zero-order valence-corrected chi connectivity index (χ0v) is 11.9. The SMILES string of the molecule is CCC1CN(C(C)C2CCCC2)C(CC)CN1. The van der Waals surface area contributed by atoms with Gasteiger partial charge in [-0.05, 0) is 38.5 Å². The molecule has 0 bridgehead atoms. The number of nitrogens with one attached hydrogen (secondary N) is 1. The van der Waals surface area contributed by atoms with E-state index < -0.39 is 0 Å². The second-order valence-electron chi connectivity index (χ2n) is 6.06. The van der Waals surface area contributed by atoms with Crippen LogP contribution in [0.3, 0.4) is 0 Å². The maximum atomic E-state index is 3.70. The molecular formula is C15H30N2. The van der Waals surface area contributed by atoms with E-state index in [-0.39, 0.29) is 0 Å². The largest absolute Gasteiger partial charge is 0.311 e. The van der Waals surface area contributed by atoms with Crippen LogP contribution in [0.1, 0.15) is 59.3 Å². The van der Waals surface area contributed by atoms with Crippen LogP contribution in [0.25, 0.3) is 0 Å². The Balaban J connectivity index is 1.98. The summed E-state index contributed by atoms with van der Waals surface area (Å²) in [6.45, 7) is 9.60. The first-order chi connectivity index (χ1) is 8.26. The van der Waals surface area contributed by atoms with Crippen molar-refractivity contribution in [2.45, 2.75) is 77.4 Å². The molecule has 3 unspecified atom stereocenters. The summed E-state index contributed by atoms with van der Waals surface area (Å²) < 4.78 is 0. The van der Waals surface area contributed by atoms with Crippen LogP contribution in [0.15, 0.2) is 0 Å². The van der Waals surface area contributed by atoms with E-state index >= 15 is 0 Å². The Morgan fingerprint density at radius 2 is 1.88 bits per heavy atom. The van der Waals surface area contributed by atoms with Gasteiger partial charge in [0, 0.05) is 31.2 Å². The Labute approximate surface area is 107 Å². The lowest BCUT2D eigenvalue weighted by Crippen LogP contribution is -2.59. The van der Waals surface area contributed by atoms with Gasteiger partial charge in [-0.1, -0.05) is 26.7 Å². The average Bonchev–Trinajstić information content (AvgIpc) is 2.91. The molecule has 0 amide bonds. The van der Waals surface area contributed by atoms with Crippen molar-refractivity contribution in [3.63, 3.8) is 0 Å². The maximum absolute atomic E-state index is 3.70. The van der Waals surface area contributed by atoms with Gasteiger partial charge in [0.05, 0.1) is 0 Å². The van der Waals surface area contributed by atoms with Crippen LogP contribution in [0.4, 0.5) is 0 Å². The second-order valence-corrected chi connectivity index (χ2v) is 6.06. The smallest absolute Gasteiger partial charge is 0.0221 e. The molecule has 0 aromatic rings. The molecule has 2 aliphatic rings. The molecule has 2 rings (SSSR count). The zero-order chi connectivity index (χ0) is 12.3. The Kier molecular flexibility index (Phi) is 4.87. The highest BCUT2D eigenvalue weighted by Crippen LogP contribution is 2.32. The molecule has 1 heterocycles. The zero-order valence-electron chi connectivity index (χ0n) is 11.9. The van der Waals surface area contributed by atoms with Gasteiger partial charge in [0.15, 0.2) is 0 Å². The molecule has 2 fully saturated rings. The minimum atomic E-state index is 0.724. The van der Waals surface area contributed by atoms with Crippen LogP contribution in [0, 0.1) is 5.92 Å². The lowest BCUT2D eigenvalue weighted by atomic mass is 9.93. The lowest BCUT2D eigenvalue weighted by Gasteiger charge is -2.45. The van der Waals surface area contributed by atoms with Gasteiger partial charge < -0.3 is 5.32 Å². The van der Waals surface area contributed by atoms with Gasteiger partial charge in [0.2, 0.25) is 0 Å². The fraction of sp³-hybridized carbons (Fsp3) is 1.00. The van der Waals surface area contributed by atoms with Gasteiger partial charge >= 0.3 is 0 Å². The molecule has 0 radical (unpaired) electrons. The fourth-order valence-corrected chi connectivity index (χ4v) is 3.75. The van der Waals surface area contributed by atoms with Gasteiger partial charge in [-0.3, -0.25) is 4.90 Å². The summed E-state index contributed by atoms with van der Waals surface area (Å²) in [5, 5.41) is 3.70. The Hall–Kier alpha value is -0.0800. The van der Waals surface area contributed by atoms with E-state index in [0.29, 0.717) is 0 Å². The quantitative estimate of drug-likeness (QED) is 0.810. The normalized spacial score (nSPS) is 34.1. The summed E-state index contributed by atoms with van der Waals surface area (Å²) in [5.41, 5.74) is 0. The van der Waals surface area contributed by atoms with E-state index in [1.165, 1.54) is 51.6 Å². The van der Waals surface area contributed by atoms with Crippen LogP contribution in [-0.2, 0) is 0 Å². The molecule has 0 aromatic heterocycles. The van der Waals surface area contributed by atoms with Crippen molar-refractivity contribution in [1.29, 1.82) is 0 Å². The van der Waals surface area contributed by atoms with Crippen LogP contribution in [-0.4, -0.2) is 36.1 Å². The van der Waals surface area contributed by atoms with Crippen molar-refractivity contribution in [1.82, 2.24) is 10.2 Å². The minimum Gasteiger partial charge on any atom is -0.311 e. The number of hydrogen-bond acceptors (Lipinski definition) is 2. The third-order valence-corrected chi connectivity index (χ3v) is 5.11. The van der Waals surface area contributed by atoms with E-state index in [4.69, 9.17) is 0 Å². The second kappa shape index (κ2) is 6.19. The van der Waals surface area contributed by atoms with E-state index in [1.54, 1.807) is 0 Å². The molecular weight excluding hydrogens is 208 g/mol. The van der Waals surface area contributed by atoms with Crippen molar-refractivity contribution in [2.75, 3.05) is 13.1 Å². The predicted octanol–water partition coefficient (Wildman–Crippen LogP) is 3.03. The minimum absolute atomic E-state index is 0.724. The summed E-state index contributed by atoms with van der Waals surface area (Å²) >= 11 is 0. The summed E-state index contributed by atoms with van der Waals surface area (Å²) in [4.78, 5) is 2.82. The molecule has 1 aliphatic heterocycles. The lowest BCUT2D eigenvalue weighted by molar-refractivity contribution is 0.0578. The molecule has 1 saturated carbocycles. The summed E-state index contributed by atoms with van der Waals surface area (Å²) in [7, 11) is 0. The number of nitrogens with zero attached hydrogens (tertiary/aromatic N) is 1. The standard InChI is InChI=1S/C15H30N2/c1-4-14-11-17(15(5-2)10-16-14)12(3)13-8-6-7-9-13/h12-16H,4-11H2,1-3H3. The molecule has 2 heteroatoms. The molecule has 1 N–H and O–H groups in total. The van der Waals surface area contributed by atoms with Gasteiger partial charge in [-0.2, -0.15) is 0 Å². The maximum Gasteiger partial charge on any atom is 0.0221 e. The first-order valence-corrected chi connectivity index (χ1v) is 7.75. The highest BCUT2D eigenvalue weighted by atomic mass is 15.3. The highest BCUT2D eigenvalue weighted by Gasteiger charge is 2.33. The van der Waals surface area contributed by atoms with Gasteiger partial charge in [0.25, 0.3) is 0 Å². The fourth-order valence-electron chi connectivity index (χ4n) is 3.75. The number of piperazine rings is 1. The van der Waals surface area contributed by atoms with E-state index in [9.17, 15) is 0 Å². The average molecular weight is 238 g/mol. The number of hydrogen-bond donors (Lipinski definition) is 1. The van der Waals surface area contributed by atoms with Crippen LogP contribution < -0.4 is 5.32 Å². The van der Waals surface area contributed by atoms with Crippen molar-refractivity contribution in [2.24, 2.45) is 5.92 Å². The first-order valence-electron chi connectivity index (χ1n) is 7.75. The topological polar surface area (TPSA) is 15.3 Å². The van der Waals surface area contributed by atoms with Crippen LogP contribution in [0.5, 0.6) is 0 Å². The molecule has 100 valence electrons. The Morgan fingerprint density at radius 3 is 2.47 bits per heavy atom. The summed E-state index contributed by atoms with van der Waals surface area (Å²) in [5.74, 6) is 0.972. The van der Waals surface area contributed by atoms with Crippen molar-refractivity contribution < 1.29 is 0 Å². The molecule has 17 heavy (non-hydrogen) atoms. The summed E-state index contributed by atoms with van der Waals surface area (Å²) in [6, 6.07) is 2.30. The third-order valence-electron chi connectivity index (χ3n) is 5.11. The van der Waals surface area contributed by atoms with Gasteiger partial charge in [0.1, 0.15) is 0 Å². The van der Waals surface area contributed by atoms with Crippen molar-refractivity contribution >= 4 is 0 Å².